The Bertz CT molecular complexity index is 962. The number of anilines is 2. The molecule has 1 aliphatic heterocycles. The van der Waals surface area contributed by atoms with Gasteiger partial charge in [0.05, 0.1) is 6.61 Å². The maximum Gasteiger partial charge on any atom is 0.322 e. The molecule has 1 saturated heterocycles. The van der Waals surface area contributed by atoms with Crippen LogP contribution in [0, 0.1) is 13.8 Å². The Morgan fingerprint density at radius 2 is 1.81 bits per heavy atom. The highest BCUT2D eigenvalue weighted by Gasteiger charge is 2.33. The first-order valence-electron chi connectivity index (χ1n) is 10.1. The fourth-order valence-corrected chi connectivity index (χ4v) is 3.38. The SMILES string of the molecule is COCCN(CC(=O)N1CC(=O)N(c2cccc(C)c2)C1)C(=O)Nc1cccc(C)c1. The van der Waals surface area contributed by atoms with Gasteiger partial charge in [0.25, 0.3) is 0 Å². The van der Waals surface area contributed by atoms with Crippen LogP contribution in [-0.2, 0) is 14.3 Å². The number of carbonyl (C=O) groups is 3. The highest BCUT2D eigenvalue weighted by atomic mass is 16.5. The minimum Gasteiger partial charge on any atom is -0.383 e. The summed E-state index contributed by atoms with van der Waals surface area (Å²) in [4.78, 5) is 42.6. The summed E-state index contributed by atoms with van der Waals surface area (Å²) >= 11 is 0. The van der Waals surface area contributed by atoms with Crippen molar-refractivity contribution in [2.24, 2.45) is 0 Å². The Balaban J connectivity index is 1.66. The zero-order valence-corrected chi connectivity index (χ0v) is 18.1. The number of ether oxygens (including phenoxy) is 1. The molecule has 0 spiro atoms. The van der Waals surface area contributed by atoms with Crippen LogP contribution >= 0.6 is 0 Å². The van der Waals surface area contributed by atoms with Crippen molar-refractivity contribution in [1.29, 1.82) is 0 Å². The molecule has 1 fully saturated rings. The Morgan fingerprint density at radius 1 is 1.10 bits per heavy atom. The largest absolute Gasteiger partial charge is 0.383 e. The van der Waals surface area contributed by atoms with Gasteiger partial charge < -0.3 is 19.9 Å². The molecule has 0 saturated carbocycles. The minimum absolute atomic E-state index is 0.00953. The second kappa shape index (κ2) is 10.1. The average molecular weight is 425 g/mol. The lowest BCUT2D eigenvalue weighted by molar-refractivity contribution is -0.132. The first kappa shape index (κ1) is 22.3. The minimum atomic E-state index is -0.392. The molecule has 1 aliphatic rings. The summed E-state index contributed by atoms with van der Waals surface area (Å²) in [6.07, 6.45) is 0. The van der Waals surface area contributed by atoms with Crippen molar-refractivity contribution >= 4 is 29.2 Å². The van der Waals surface area contributed by atoms with Crippen molar-refractivity contribution in [2.45, 2.75) is 13.8 Å². The average Bonchev–Trinajstić information content (AvgIpc) is 3.12. The van der Waals surface area contributed by atoms with Gasteiger partial charge in [-0.05, 0) is 49.2 Å². The molecule has 2 aromatic rings. The number of hydrogen-bond acceptors (Lipinski definition) is 4. The number of benzene rings is 2. The van der Waals surface area contributed by atoms with Crippen LogP contribution in [0.1, 0.15) is 11.1 Å². The lowest BCUT2D eigenvalue weighted by Crippen LogP contribution is -2.45. The number of amides is 4. The zero-order valence-electron chi connectivity index (χ0n) is 18.1. The van der Waals surface area contributed by atoms with Crippen LogP contribution < -0.4 is 10.2 Å². The summed E-state index contributed by atoms with van der Waals surface area (Å²) in [6, 6.07) is 14.6. The molecule has 4 amide bonds. The zero-order chi connectivity index (χ0) is 22.4. The van der Waals surface area contributed by atoms with E-state index in [1.54, 1.807) is 11.0 Å². The lowest BCUT2D eigenvalue weighted by Gasteiger charge is -2.25. The van der Waals surface area contributed by atoms with Crippen molar-refractivity contribution in [3.05, 3.63) is 59.7 Å². The van der Waals surface area contributed by atoms with Crippen LogP contribution in [0.2, 0.25) is 0 Å². The molecule has 8 heteroatoms. The van der Waals surface area contributed by atoms with E-state index in [4.69, 9.17) is 4.74 Å². The van der Waals surface area contributed by atoms with Crippen LogP contribution in [0.15, 0.2) is 48.5 Å². The number of methoxy groups -OCH3 is 1. The number of hydrogen-bond donors (Lipinski definition) is 1. The monoisotopic (exact) mass is 424 g/mol. The Hall–Kier alpha value is -3.39. The van der Waals surface area contributed by atoms with Gasteiger partial charge in [-0.1, -0.05) is 24.3 Å². The standard InChI is InChI=1S/C23H28N4O4/c1-17-6-4-8-19(12-17)24-23(30)25(10-11-31-3)14-21(28)26-15-22(29)27(16-26)20-9-5-7-18(2)13-20/h4-9,12-13H,10-11,14-16H2,1-3H3,(H,24,30). The second-order valence-electron chi connectivity index (χ2n) is 7.61. The summed E-state index contributed by atoms with van der Waals surface area (Å²) in [6.45, 7) is 4.45. The smallest absolute Gasteiger partial charge is 0.322 e. The predicted octanol–water partition coefficient (Wildman–Crippen LogP) is 2.62. The third-order valence-electron chi connectivity index (χ3n) is 5.05. The first-order valence-corrected chi connectivity index (χ1v) is 10.1. The molecule has 164 valence electrons. The molecule has 0 bridgehead atoms. The van der Waals surface area contributed by atoms with Gasteiger partial charge in [0.1, 0.15) is 19.8 Å². The Labute approximate surface area is 182 Å². The van der Waals surface area contributed by atoms with Gasteiger partial charge in [0, 0.05) is 25.0 Å². The fourth-order valence-electron chi connectivity index (χ4n) is 3.38. The summed E-state index contributed by atoms with van der Waals surface area (Å²) < 4.78 is 5.09. The van der Waals surface area contributed by atoms with E-state index in [0.29, 0.717) is 12.3 Å². The van der Waals surface area contributed by atoms with E-state index in [-0.39, 0.29) is 38.1 Å². The van der Waals surface area contributed by atoms with E-state index >= 15 is 0 Å². The number of urea groups is 1. The molecule has 3 rings (SSSR count). The Morgan fingerprint density at radius 3 is 2.48 bits per heavy atom. The van der Waals surface area contributed by atoms with Crippen molar-refractivity contribution in [2.75, 3.05) is 50.2 Å². The molecule has 0 unspecified atom stereocenters. The summed E-state index contributed by atoms with van der Waals surface area (Å²) in [5, 5.41) is 2.82. The molecule has 0 aromatic heterocycles. The van der Waals surface area contributed by atoms with Crippen LogP contribution in [0.4, 0.5) is 16.2 Å². The van der Waals surface area contributed by atoms with Crippen molar-refractivity contribution in [3.8, 4) is 0 Å². The van der Waals surface area contributed by atoms with E-state index in [9.17, 15) is 14.4 Å². The molecule has 2 aromatic carbocycles. The van der Waals surface area contributed by atoms with E-state index in [1.165, 1.54) is 16.9 Å². The van der Waals surface area contributed by atoms with E-state index < -0.39 is 6.03 Å². The van der Waals surface area contributed by atoms with E-state index in [2.05, 4.69) is 5.32 Å². The van der Waals surface area contributed by atoms with Crippen molar-refractivity contribution in [3.63, 3.8) is 0 Å². The number of nitrogens with zero attached hydrogens (tertiary/aromatic N) is 3. The quantitative estimate of drug-likeness (QED) is 0.741. The molecule has 1 heterocycles. The lowest BCUT2D eigenvalue weighted by atomic mass is 10.2. The van der Waals surface area contributed by atoms with Crippen LogP contribution in [0.5, 0.6) is 0 Å². The molecule has 31 heavy (non-hydrogen) atoms. The molecular weight excluding hydrogens is 396 g/mol. The second-order valence-corrected chi connectivity index (χ2v) is 7.61. The van der Waals surface area contributed by atoms with E-state index in [0.717, 1.165) is 16.8 Å². The normalized spacial score (nSPS) is 13.5. The van der Waals surface area contributed by atoms with Gasteiger partial charge in [0.2, 0.25) is 11.8 Å². The van der Waals surface area contributed by atoms with Gasteiger partial charge in [-0.3, -0.25) is 14.5 Å². The van der Waals surface area contributed by atoms with Gasteiger partial charge in [-0.15, -0.1) is 0 Å². The van der Waals surface area contributed by atoms with Gasteiger partial charge in [0.15, 0.2) is 0 Å². The van der Waals surface area contributed by atoms with Crippen LogP contribution in [0.25, 0.3) is 0 Å². The molecule has 0 aliphatic carbocycles. The molecular formula is C23H28N4O4. The van der Waals surface area contributed by atoms with Crippen LogP contribution in [-0.4, -0.2) is 67.7 Å². The third-order valence-corrected chi connectivity index (χ3v) is 5.05. The molecule has 0 atom stereocenters. The summed E-state index contributed by atoms with van der Waals surface area (Å²) in [5.41, 5.74) is 3.47. The fraction of sp³-hybridized carbons (Fsp3) is 0.348. The van der Waals surface area contributed by atoms with Gasteiger partial charge in [-0.25, -0.2) is 4.79 Å². The molecule has 8 nitrogen and oxygen atoms in total. The number of nitrogens with one attached hydrogen (secondary N) is 1. The maximum atomic E-state index is 12.9. The van der Waals surface area contributed by atoms with Gasteiger partial charge >= 0.3 is 6.03 Å². The highest BCUT2D eigenvalue weighted by Crippen LogP contribution is 2.21. The topological polar surface area (TPSA) is 82.2 Å². The number of carbonyl (C=O) groups excluding carboxylic acids is 3. The van der Waals surface area contributed by atoms with Crippen molar-refractivity contribution in [1.82, 2.24) is 9.80 Å². The van der Waals surface area contributed by atoms with Gasteiger partial charge in [-0.2, -0.15) is 0 Å². The number of rotatable bonds is 7. The molecule has 1 N–H and O–H groups in total. The molecule has 0 radical (unpaired) electrons. The van der Waals surface area contributed by atoms with E-state index in [1.807, 2.05) is 56.3 Å². The summed E-state index contributed by atoms with van der Waals surface area (Å²) in [5.74, 6) is -0.439. The van der Waals surface area contributed by atoms with Crippen LogP contribution in [0.3, 0.4) is 0 Å². The highest BCUT2D eigenvalue weighted by molar-refractivity contribution is 6.01. The number of aryl methyl sites for hydroxylation is 2. The summed E-state index contributed by atoms with van der Waals surface area (Å²) in [7, 11) is 1.54. The first-order chi connectivity index (χ1) is 14.9. The maximum absolute atomic E-state index is 12.9. The third kappa shape index (κ3) is 5.82. The van der Waals surface area contributed by atoms with Crippen molar-refractivity contribution < 1.29 is 19.1 Å². The Kier molecular flexibility index (Phi) is 7.25. The predicted molar refractivity (Wildman–Crippen MR) is 119 cm³/mol.